The van der Waals surface area contributed by atoms with Crippen LogP contribution in [-0.4, -0.2) is 41.6 Å². The van der Waals surface area contributed by atoms with Gasteiger partial charge in [0.25, 0.3) is 5.91 Å². The summed E-state index contributed by atoms with van der Waals surface area (Å²) in [4.78, 5) is 25.2. The second kappa shape index (κ2) is 7.29. The minimum atomic E-state index is -0.831. The highest BCUT2D eigenvalue weighted by atomic mass is 16.5. The average Bonchev–Trinajstić information content (AvgIpc) is 2.90. The van der Waals surface area contributed by atoms with Gasteiger partial charge in [-0.25, -0.2) is 0 Å². The third kappa shape index (κ3) is 3.78. The van der Waals surface area contributed by atoms with Crippen molar-refractivity contribution in [2.45, 2.75) is 26.7 Å². The van der Waals surface area contributed by atoms with E-state index >= 15 is 0 Å². The largest absolute Gasteiger partial charge is 0.494 e. The number of ether oxygens (including phenoxy) is 1. The summed E-state index contributed by atoms with van der Waals surface area (Å²) in [5, 5.41) is 9.14. The highest BCUT2D eigenvalue weighted by Crippen LogP contribution is 2.25. The predicted molar refractivity (Wildman–Crippen MR) is 83.0 cm³/mol. The number of aliphatic carboxylic acids is 1. The molecule has 1 aromatic rings. The zero-order chi connectivity index (χ0) is 16.1. The van der Waals surface area contributed by atoms with E-state index in [2.05, 4.69) is 6.92 Å². The molecule has 0 aromatic heterocycles. The topological polar surface area (TPSA) is 66.8 Å². The Hall–Kier alpha value is -2.04. The first-order valence-corrected chi connectivity index (χ1v) is 7.78. The van der Waals surface area contributed by atoms with Crippen molar-refractivity contribution in [1.82, 2.24) is 4.90 Å². The van der Waals surface area contributed by atoms with Crippen molar-refractivity contribution in [3.8, 4) is 5.75 Å². The van der Waals surface area contributed by atoms with E-state index in [1.54, 1.807) is 29.2 Å². The Balaban J connectivity index is 1.97. The van der Waals surface area contributed by atoms with E-state index in [0.717, 1.165) is 18.6 Å². The van der Waals surface area contributed by atoms with Gasteiger partial charge in [-0.3, -0.25) is 9.59 Å². The molecule has 5 heteroatoms. The van der Waals surface area contributed by atoms with Crippen LogP contribution in [0.15, 0.2) is 24.3 Å². The lowest BCUT2D eigenvalue weighted by molar-refractivity contribution is -0.142. The Bertz CT molecular complexity index is 526. The molecule has 0 radical (unpaired) electrons. The number of likely N-dealkylation sites (tertiary alicyclic amines) is 1. The number of carboxylic acid groups (broad SMARTS) is 1. The zero-order valence-electron chi connectivity index (χ0n) is 13.1. The average molecular weight is 305 g/mol. The van der Waals surface area contributed by atoms with Crippen LogP contribution in [0.25, 0.3) is 0 Å². The number of carboxylic acids is 1. The highest BCUT2D eigenvalue weighted by molar-refractivity contribution is 5.95. The molecule has 120 valence electrons. The summed E-state index contributed by atoms with van der Waals surface area (Å²) in [6.07, 6.45) is 2.08. The molecule has 1 aromatic carbocycles. The smallest absolute Gasteiger partial charge is 0.308 e. The summed E-state index contributed by atoms with van der Waals surface area (Å²) in [6, 6.07) is 7.05. The molecule has 2 atom stereocenters. The van der Waals surface area contributed by atoms with Crippen LogP contribution in [0.2, 0.25) is 0 Å². The SMILES string of the molecule is CCCCOc1ccc(C(=O)N2C[C@@H](C)[C@H](C(=O)O)C2)cc1. The van der Waals surface area contributed by atoms with Gasteiger partial charge in [-0.05, 0) is 36.6 Å². The second-order valence-electron chi connectivity index (χ2n) is 5.86. The number of nitrogens with zero attached hydrogens (tertiary/aromatic N) is 1. The van der Waals surface area contributed by atoms with Crippen LogP contribution in [-0.2, 0) is 4.79 Å². The Labute approximate surface area is 130 Å². The second-order valence-corrected chi connectivity index (χ2v) is 5.86. The molecule has 2 rings (SSSR count). The number of amides is 1. The maximum atomic E-state index is 12.4. The Morgan fingerprint density at radius 3 is 2.50 bits per heavy atom. The molecule has 1 N–H and O–H groups in total. The Kier molecular flexibility index (Phi) is 5.41. The molecule has 0 spiro atoms. The third-order valence-electron chi connectivity index (χ3n) is 4.08. The first-order chi connectivity index (χ1) is 10.5. The molecule has 0 saturated carbocycles. The van der Waals surface area contributed by atoms with Crippen molar-refractivity contribution >= 4 is 11.9 Å². The molecule has 5 nitrogen and oxygen atoms in total. The fraction of sp³-hybridized carbons (Fsp3) is 0.529. The van der Waals surface area contributed by atoms with Gasteiger partial charge in [-0.2, -0.15) is 0 Å². The first kappa shape index (κ1) is 16.3. The lowest BCUT2D eigenvalue weighted by Gasteiger charge is -2.16. The molecule has 1 aliphatic heterocycles. The Morgan fingerprint density at radius 1 is 1.27 bits per heavy atom. The standard InChI is InChI=1S/C17H23NO4/c1-3-4-9-22-14-7-5-13(6-8-14)16(19)18-10-12(2)15(11-18)17(20)21/h5-8,12,15H,3-4,9-11H2,1-2H3,(H,20,21)/t12-,15-/m1/s1. The van der Waals surface area contributed by atoms with Gasteiger partial charge in [0.2, 0.25) is 0 Å². The van der Waals surface area contributed by atoms with Crippen molar-refractivity contribution in [3.05, 3.63) is 29.8 Å². The van der Waals surface area contributed by atoms with Crippen LogP contribution in [0, 0.1) is 11.8 Å². The summed E-state index contributed by atoms with van der Waals surface area (Å²) < 4.78 is 5.57. The maximum Gasteiger partial charge on any atom is 0.308 e. The molecular formula is C17H23NO4. The molecule has 1 aliphatic rings. The molecule has 0 bridgehead atoms. The van der Waals surface area contributed by atoms with Gasteiger partial charge in [0.15, 0.2) is 0 Å². The molecule has 22 heavy (non-hydrogen) atoms. The van der Waals surface area contributed by atoms with Crippen molar-refractivity contribution in [2.24, 2.45) is 11.8 Å². The van der Waals surface area contributed by atoms with Gasteiger partial charge >= 0.3 is 5.97 Å². The molecule has 1 fully saturated rings. The van der Waals surface area contributed by atoms with Crippen LogP contribution in [0.5, 0.6) is 5.75 Å². The molecular weight excluding hydrogens is 282 g/mol. The maximum absolute atomic E-state index is 12.4. The van der Waals surface area contributed by atoms with Gasteiger partial charge in [0, 0.05) is 18.7 Å². The van der Waals surface area contributed by atoms with Gasteiger partial charge in [0.1, 0.15) is 5.75 Å². The fourth-order valence-electron chi connectivity index (χ4n) is 2.66. The first-order valence-electron chi connectivity index (χ1n) is 7.78. The van der Waals surface area contributed by atoms with Crippen LogP contribution in [0.1, 0.15) is 37.0 Å². The summed E-state index contributed by atoms with van der Waals surface area (Å²) in [5.41, 5.74) is 0.570. The van der Waals surface area contributed by atoms with E-state index in [0.29, 0.717) is 18.7 Å². The van der Waals surface area contributed by atoms with Gasteiger partial charge < -0.3 is 14.7 Å². The van der Waals surface area contributed by atoms with Crippen LogP contribution in [0.4, 0.5) is 0 Å². The van der Waals surface area contributed by atoms with E-state index in [1.165, 1.54) is 0 Å². The summed E-state index contributed by atoms with van der Waals surface area (Å²) in [5.74, 6) is -0.680. The summed E-state index contributed by atoms with van der Waals surface area (Å²) in [7, 11) is 0. The van der Waals surface area contributed by atoms with Crippen molar-refractivity contribution in [3.63, 3.8) is 0 Å². The summed E-state index contributed by atoms with van der Waals surface area (Å²) >= 11 is 0. The number of hydrogen-bond acceptors (Lipinski definition) is 3. The predicted octanol–water partition coefficient (Wildman–Crippen LogP) is 2.66. The number of carbonyl (C=O) groups is 2. The minimum Gasteiger partial charge on any atom is -0.494 e. The van der Waals surface area contributed by atoms with Crippen molar-refractivity contribution in [1.29, 1.82) is 0 Å². The van der Waals surface area contributed by atoms with Crippen LogP contribution in [0.3, 0.4) is 0 Å². The number of unbranched alkanes of at least 4 members (excludes halogenated alkanes) is 1. The molecule has 0 unspecified atom stereocenters. The van der Waals surface area contributed by atoms with E-state index in [4.69, 9.17) is 9.84 Å². The van der Waals surface area contributed by atoms with Crippen molar-refractivity contribution in [2.75, 3.05) is 19.7 Å². The Morgan fingerprint density at radius 2 is 1.95 bits per heavy atom. The number of rotatable bonds is 6. The van der Waals surface area contributed by atoms with E-state index < -0.39 is 11.9 Å². The fourth-order valence-corrected chi connectivity index (χ4v) is 2.66. The van der Waals surface area contributed by atoms with Crippen molar-refractivity contribution < 1.29 is 19.4 Å². The monoisotopic (exact) mass is 305 g/mol. The van der Waals surface area contributed by atoms with E-state index in [-0.39, 0.29) is 18.4 Å². The lowest BCUT2D eigenvalue weighted by atomic mass is 9.99. The van der Waals surface area contributed by atoms with Crippen LogP contribution < -0.4 is 4.74 Å². The normalized spacial score (nSPS) is 20.9. The zero-order valence-corrected chi connectivity index (χ0v) is 13.1. The van der Waals surface area contributed by atoms with Gasteiger partial charge in [0.05, 0.1) is 12.5 Å². The molecule has 1 heterocycles. The van der Waals surface area contributed by atoms with Gasteiger partial charge in [-0.1, -0.05) is 20.3 Å². The highest BCUT2D eigenvalue weighted by Gasteiger charge is 2.37. The minimum absolute atomic E-state index is 0.0156. The van der Waals surface area contributed by atoms with Gasteiger partial charge in [-0.15, -0.1) is 0 Å². The summed E-state index contributed by atoms with van der Waals surface area (Å²) in [6.45, 7) is 5.42. The van der Waals surface area contributed by atoms with Crippen LogP contribution >= 0.6 is 0 Å². The molecule has 0 aliphatic carbocycles. The molecule has 1 saturated heterocycles. The third-order valence-corrected chi connectivity index (χ3v) is 4.08. The van der Waals surface area contributed by atoms with E-state index in [1.807, 2.05) is 6.92 Å². The number of carbonyl (C=O) groups excluding carboxylic acids is 1. The lowest BCUT2D eigenvalue weighted by Crippen LogP contribution is -2.29. The number of benzene rings is 1. The number of hydrogen-bond donors (Lipinski definition) is 1. The quantitative estimate of drug-likeness (QED) is 0.821. The molecule has 1 amide bonds. The van der Waals surface area contributed by atoms with E-state index in [9.17, 15) is 9.59 Å².